The molecule has 1 amide bonds. The van der Waals surface area contributed by atoms with Gasteiger partial charge in [0, 0.05) is 24.3 Å². The first-order valence-corrected chi connectivity index (χ1v) is 14.4. The number of aromatic nitrogens is 2. The van der Waals surface area contributed by atoms with Crippen LogP contribution in [0.2, 0.25) is 0 Å². The molecule has 3 aromatic rings. The standard InChI is InChI=1S/C32H39N5O2/c1-3-26(38)7-5-4-6-8-28(36-31(39)27-19-32(27)13-15-37(2)16-14-32)30-34-21-29(35-30)25-12-11-23-17-22(20-33)9-10-24(23)18-25/h9-12,17-18,21,27-28H,3-8,13-16,19H2,1-2H3,(H,34,35)(H,36,39)/t27-,28+/m1/s1. The topological polar surface area (TPSA) is 102 Å². The molecule has 39 heavy (non-hydrogen) atoms. The van der Waals surface area contributed by atoms with Gasteiger partial charge in [0.15, 0.2) is 0 Å². The first-order chi connectivity index (χ1) is 18.9. The molecule has 2 heterocycles. The molecule has 0 unspecified atom stereocenters. The fourth-order valence-electron chi connectivity index (χ4n) is 6.05. The molecule has 7 heteroatoms. The molecule has 2 fully saturated rings. The lowest BCUT2D eigenvalue weighted by molar-refractivity contribution is -0.124. The fourth-order valence-corrected chi connectivity index (χ4v) is 6.05. The average molecular weight is 526 g/mol. The number of nitriles is 1. The third-order valence-corrected chi connectivity index (χ3v) is 8.85. The Morgan fingerprint density at radius 3 is 2.69 bits per heavy atom. The van der Waals surface area contributed by atoms with Crippen LogP contribution in [0.25, 0.3) is 22.0 Å². The Labute approximate surface area is 231 Å². The van der Waals surface area contributed by atoms with Crippen molar-refractivity contribution in [3.05, 3.63) is 54.0 Å². The van der Waals surface area contributed by atoms with E-state index in [1.54, 1.807) is 0 Å². The number of benzene rings is 2. The molecule has 1 aliphatic heterocycles. The molecule has 0 bridgehead atoms. The number of unbranched alkanes of at least 4 members (excludes halogenated alkanes) is 2. The van der Waals surface area contributed by atoms with Crippen LogP contribution >= 0.6 is 0 Å². The highest BCUT2D eigenvalue weighted by Gasteiger charge is 2.58. The van der Waals surface area contributed by atoms with Crippen LogP contribution in [0, 0.1) is 22.7 Å². The summed E-state index contributed by atoms with van der Waals surface area (Å²) in [5, 5.41) is 14.6. The predicted molar refractivity (Wildman–Crippen MR) is 153 cm³/mol. The van der Waals surface area contributed by atoms with Gasteiger partial charge in [-0.25, -0.2) is 4.98 Å². The number of carbonyl (C=O) groups excluding carboxylic acids is 2. The summed E-state index contributed by atoms with van der Waals surface area (Å²) in [5.74, 6) is 1.35. The fraction of sp³-hybridized carbons (Fsp3) is 0.500. The molecular formula is C32H39N5O2. The molecule has 2 aromatic carbocycles. The highest BCUT2D eigenvalue weighted by Crippen LogP contribution is 2.59. The Morgan fingerprint density at radius 2 is 1.92 bits per heavy atom. The largest absolute Gasteiger partial charge is 0.346 e. The SMILES string of the molecule is CCC(=O)CCCCC[C@H](NC(=O)[C@H]1CC12CCN(C)CC2)c1ncc(-c2ccc3cc(C#N)ccc3c2)[nH]1. The second-order valence-electron chi connectivity index (χ2n) is 11.5. The summed E-state index contributed by atoms with van der Waals surface area (Å²) in [7, 11) is 2.15. The second kappa shape index (κ2) is 11.7. The quantitative estimate of drug-likeness (QED) is 0.303. The minimum atomic E-state index is -0.185. The molecule has 1 aliphatic carbocycles. The number of rotatable bonds is 11. The summed E-state index contributed by atoms with van der Waals surface area (Å²) in [5.41, 5.74) is 2.75. The van der Waals surface area contributed by atoms with Gasteiger partial charge >= 0.3 is 0 Å². The number of nitrogens with one attached hydrogen (secondary N) is 2. The number of ketones is 1. The summed E-state index contributed by atoms with van der Waals surface area (Å²) in [4.78, 5) is 35.6. The number of fused-ring (bicyclic) bond motifs is 1. The van der Waals surface area contributed by atoms with Gasteiger partial charge in [0.05, 0.1) is 29.6 Å². The van der Waals surface area contributed by atoms with E-state index >= 15 is 0 Å². The second-order valence-corrected chi connectivity index (χ2v) is 11.5. The van der Waals surface area contributed by atoms with Gasteiger partial charge in [-0.3, -0.25) is 9.59 Å². The number of likely N-dealkylation sites (tertiary alicyclic amines) is 1. The number of imidazole rings is 1. The van der Waals surface area contributed by atoms with Crippen molar-refractivity contribution < 1.29 is 9.59 Å². The van der Waals surface area contributed by atoms with E-state index in [2.05, 4.69) is 34.4 Å². The number of nitrogens with zero attached hydrogens (tertiary/aromatic N) is 3. The summed E-state index contributed by atoms with van der Waals surface area (Å²) in [6.45, 7) is 4.04. The zero-order chi connectivity index (χ0) is 27.4. The number of hydrogen-bond donors (Lipinski definition) is 2. The molecule has 0 radical (unpaired) electrons. The van der Waals surface area contributed by atoms with Crippen molar-refractivity contribution in [3.8, 4) is 17.3 Å². The summed E-state index contributed by atoms with van der Waals surface area (Å²) in [6, 6.07) is 13.9. The highest BCUT2D eigenvalue weighted by atomic mass is 16.2. The molecule has 1 saturated carbocycles. The van der Waals surface area contributed by atoms with E-state index in [1.807, 2.05) is 43.5 Å². The van der Waals surface area contributed by atoms with Gasteiger partial charge in [0.1, 0.15) is 11.6 Å². The Hall–Kier alpha value is -3.50. The lowest BCUT2D eigenvalue weighted by Gasteiger charge is -2.30. The van der Waals surface area contributed by atoms with E-state index in [4.69, 9.17) is 4.98 Å². The van der Waals surface area contributed by atoms with Crippen LogP contribution in [-0.4, -0.2) is 46.7 Å². The minimum Gasteiger partial charge on any atom is -0.346 e. The number of hydrogen-bond acceptors (Lipinski definition) is 5. The maximum absolute atomic E-state index is 13.4. The third kappa shape index (κ3) is 6.23. The Bertz CT molecular complexity index is 1380. The number of H-pyrrole nitrogens is 1. The summed E-state index contributed by atoms with van der Waals surface area (Å²) < 4.78 is 0. The zero-order valence-electron chi connectivity index (χ0n) is 23.1. The Balaban J connectivity index is 1.29. The summed E-state index contributed by atoms with van der Waals surface area (Å²) in [6.07, 6.45) is 9.83. The summed E-state index contributed by atoms with van der Waals surface area (Å²) >= 11 is 0. The van der Waals surface area contributed by atoms with Crippen molar-refractivity contribution in [2.75, 3.05) is 20.1 Å². The number of aromatic amines is 1. The lowest BCUT2D eigenvalue weighted by Crippen LogP contribution is -2.36. The number of carbonyl (C=O) groups is 2. The number of Topliss-reactive ketones (excluding diaryl/α,β-unsaturated/α-hetero) is 1. The van der Waals surface area contributed by atoms with Gasteiger partial charge in [-0.05, 0) is 86.6 Å². The van der Waals surface area contributed by atoms with Crippen LogP contribution in [0.15, 0.2) is 42.6 Å². The van der Waals surface area contributed by atoms with E-state index in [-0.39, 0.29) is 23.3 Å². The van der Waals surface area contributed by atoms with Crippen LogP contribution in [0.4, 0.5) is 0 Å². The average Bonchev–Trinajstić information content (AvgIpc) is 3.44. The van der Waals surface area contributed by atoms with Crippen molar-refractivity contribution in [1.29, 1.82) is 5.26 Å². The van der Waals surface area contributed by atoms with Crippen LogP contribution in [-0.2, 0) is 9.59 Å². The van der Waals surface area contributed by atoms with Crippen molar-refractivity contribution in [1.82, 2.24) is 20.2 Å². The smallest absolute Gasteiger partial charge is 0.224 e. The van der Waals surface area contributed by atoms with E-state index in [0.717, 1.165) is 85.9 Å². The van der Waals surface area contributed by atoms with Crippen molar-refractivity contribution in [2.24, 2.45) is 11.3 Å². The van der Waals surface area contributed by atoms with E-state index in [0.29, 0.717) is 24.2 Å². The lowest BCUT2D eigenvalue weighted by atomic mass is 9.91. The normalized spacial score (nSPS) is 19.1. The molecule has 1 spiro atoms. The van der Waals surface area contributed by atoms with E-state index in [9.17, 15) is 14.9 Å². The van der Waals surface area contributed by atoms with Crippen molar-refractivity contribution in [3.63, 3.8) is 0 Å². The van der Waals surface area contributed by atoms with Crippen molar-refractivity contribution in [2.45, 2.75) is 70.8 Å². The van der Waals surface area contributed by atoms with E-state index in [1.165, 1.54) is 0 Å². The highest BCUT2D eigenvalue weighted by molar-refractivity contribution is 5.88. The molecule has 204 valence electrons. The van der Waals surface area contributed by atoms with Crippen LogP contribution in [0.3, 0.4) is 0 Å². The molecular weight excluding hydrogens is 486 g/mol. The first-order valence-electron chi connectivity index (χ1n) is 14.4. The molecule has 1 saturated heterocycles. The maximum atomic E-state index is 13.4. The monoisotopic (exact) mass is 525 g/mol. The molecule has 5 rings (SSSR count). The Kier molecular flexibility index (Phi) is 8.13. The zero-order valence-corrected chi connectivity index (χ0v) is 23.1. The van der Waals surface area contributed by atoms with Gasteiger partial charge < -0.3 is 15.2 Å². The number of piperidine rings is 1. The first kappa shape index (κ1) is 27.1. The predicted octanol–water partition coefficient (Wildman–Crippen LogP) is 5.92. The van der Waals surface area contributed by atoms with Crippen LogP contribution in [0.1, 0.15) is 82.1 Å². The van der Waals surface area contributed by atoms with Crippen molar-refractivity contribution >= 4 is 22.5 Å². The third-order valence-electron chi connectivity index (χ3n) is 8.85. The molecule has 2 aliphatic rings. The van der Waals surface area contributed by atoms with Gasteiger partial charge in [0.2, 0.25) is 5.91 Å². The van der Waals surface area contributed by atoms with Crippen LogP contribution < -0.4 is 5.32 Å². The molecule has 7 nitrogen and oxygen atoms in total. The Morgan fingerprint density at radius 1 is 1.15 bits per heavy atom. The molecule has 2 atom stereocenters. The minimum absolute atomic E-state index is 0.101. The van der Waals surface area contributed by atoms with Gasteiger partial charge in [-0.1, -0.05) is 38.0 Å². The molecule has 2 N–H and O–H groups in total. The number of amides is 1. The maximum Gasteiger partial charge on any atom is 0.224 e. The van der Waals surface area contributed by atoms with Gasteiger partial charge in [0.25, 0.3) is 0 Å². The van der Waals surface area contributed by atoms with Crippen LogP contribution in [0.5, 0.6) is 0 Å². The van der Waals surface area contributed by atoms with Gasteiger partial charge in [-0.2, -0.15) is 5.26 Å². The van der Waals surface area contributed by atoms with E-state index < -0.39 is 0 Å². The van der Waals surface area contributed by atoms with Gasteiger partial charge in [-0.15, -0.1) is 0 Å². The molecule has 1 aromatic heterocycles.